The maximum absolute atomic E-state index is 12.6. The van der Waals surface area contributed by atoms with Crippen LogP contribution in [0.15, 0.2) is 42.9 Å². The number of nitrogens with zero attached hydrogens (tertiary/aromatic N) is 4. The topological polar surface area (TPSA) is 81.0 Å². The molecule has 3 aromatic rings. The Morgan fingerprint density at radius 2 is 1.85 bits per heavy atom. The molecule has 8 nitrogen and oxygen atoms in total. The Bertz CT molecular complexity index is 1170. The lowest BCUT2D eigenvalue weighted by Gasteiger charge is -2.39. The van der Waals surface area contributed by atoms with E-state index in [-0.39, 0.29) is 11.8 Å². The number of hydrogen-bond donors (Lipinski definition) is 1. The van der Waals surface area contributed by atoms with Crippen LogP contribution in [0, 0.1) is 5.92 Å². The quantitative estimate of drug-likeness (QED) is 0.581. The number of benzene rings is 1. The van der Waals surface area contributed by atoms with Crippen LogP contribution >= 0.6 is 11.6 Å². The Labute approximate surface area is 198 Å². The first-order valence-electron chi connectivity index (χ1n) is 11.1. The molecule has 0 unspecified atom stereocenters. The SMILES string of the molecule is CC1(C)OB(c2cc3c(N4CC(C(=O)NCc5ccc(Cl)cc5)C4)ncnn3c2)OC1(C)C. The van der Waals surface area contributed by atoms with Gasteiger partial charge in [0, 0.05) is 36.3 Å². The minimum atomic E-state index is -0.465. The number of fused-ring (bicyclic) bond motifs is 1. The first-order chi connectivity index (χ1) is 15.6. The van der Waals surface area contributed by atoms with E-state index in [1.165, 1.54) is 6.33 Å². The minimum absolute atomic E-state index is 0.0413. The van der Waals surface area contributed by atoms with E-state index in [0.29, 0.717) is 24.7 Å². The van der Waals surface area contributed by atoms with Gasteiger partial charge in [0.05, 0.1) is 17.1 Å². The van der Waals surface area contributed by atoms with Gasteiger partial charge in [-0.3, -0.25) is 4.79 Å². The van der Waals surface area contributed by atoms with Crippen LogP contribution in [0.3, 0.4) is 0 Å². The highest BCUT2D eigenvalue weighted by Crippen LogP contribution is 2.37. The van der Waals surface area contributed by atoms with E-state index < -0.39 is 18.3 Å². The van der Waals surface area contributed by atoms with Crippen LogP contribution in [0.25, 0.3) is 5.52 Å². The number of carbonyl (C=O) groups is 1. The molecule has 172 valence electrons. The summed E-state index contributed by atoms with van der Waals surface area (Å²) in [4.78, 5) is 19.2. The van der Waals surface area contributed by atoms with Crippen LogP contribution in [0.2, 0.25) is 5.02 Å². The maximum atomic E-state index is 12.6. The molecule has 0 spiro atoms. The molecule has 1 N–H and O–H groups in total. The molecule has 2 aromatic heterocycles. The van der Waals surface area contributed by atoms with Gasteiger partial charge >= 0.3 is 7.12 Å². The van der Waals surface area contributed by atoms with Gasteiger partial charge in [-0.25, -0.2) is 9.50 Å². The zero-order valence-electron chi connectivity index (χ0n) is 19.2. The van der Waals surface area contributed by atoms with Gasteiger partial charge in [-0.15, -0.1) is 0 Å². The van der Waals surface area contributed by atoms with Gasteiger partial charge in [0.25, 0.3) is 0 Å². The second-order valence-electron chi connectivity index (χ2n) is 9.72. The molecule has 0 aliphatic carbocycles. The molecule has 2 saturated heterocycles. The number of anilines is 1. The smallest absolute Gasteiger partial charge is 0.399 e. The fraction of sp³-hybridized carbons (Fsp3) is 0.435. The normalized spacial score (nSPS) is 19.7. The Hall–Kier alpha value is -2.62. The number of hydrogen-bond acceptors (Lipinski definition) is 6. The highest BCUT2D eigenvalue weighted by molar-refractivity contribution is 6.62. The molecule has 10 heteroatoms. The van der Waals surface area contributed by atoms with Gasteiger partial charge in [0.1, 0.15) is 11.8 Å². The largest absolute Gasteiger partial charge is 0.496 e. The van der Waals surface area contributed by atoms with Crippen molar-refractivity contribution in [2.75, 3.05) is 18.0 Å². The number of carbonyl (C=O) groups excluding carboxylic acids is 1. The van der Waals surface area contributed by atoms with Crippen LogP contribution < -0.4 is 15.7 Å². The molecular formula is C23H27BClN5O3. The van der Waals surface area contributed by atoms with Crippen LogP contribution in [-0.2, 0) is 20.6 Å². The molecule has 2 fully saturated rings. The monoisotopic (exact) mass is 467 g/mol. The Balaban J connectivity index is 1.25. The average molecular weight is 468 g/mol. The van der Waals surface area contributed by atoms with Crippen molar-refractivity contribution in [3.05, 3.63) is 53.4 Å². The molecule has 2 aliphatic heterocycles. The van der Waals surface area contributed by atoms with Crippen molar-refractivity contribution in [1.82, 2.24) is 19.9 Å². The van der Waals surface area contributed by atoms with Crippen LogP contribution in [-0.4, -0.2) is 51.9 Å². The summed E-state index contributed by atoms with van der Waals surface area (Å²) in [6.45, 7) is 9.84. The second kappa shape index (κ2) is 8.00. The van der Waals surface area contributed by atoms with Gasteiger partial charge in [0.2, 0.25) is 5.91 Å². The number of rotatable bonds is 5. The highest BCUT2D eigenvalue weighted by Gasteiger charge is 2.52. The molecule has 0 atom stereocenters. The number of nitrogens with one attached hydrogen (secondary N) is 1. The minimum Gasteiger partial charge on any atom is -0.399 e. The standard InChI is InChI=1S/C23H27BClN5O3/c1-22(2)23(3,4)33-24(32-22)17-9-19-20(27-14-28-30(19)13-17)29-11-16(12-29)21(31)26-10-15-5-7-18(25)8-6-15/h5-9,13-14,16H,10-12H2,1-4H3,(H,26,31). The molecule has 2 aliphatic rings. The van der Waals surface area contributed by atoms with E-state index in [2.05, 4.69) is 20.3 Å². The first-order valence-corrected chi connectivity index (χ1v) is 11.5. The predicted molar refractivity (Wildman–Crippen MR) is 128 cm³/mol. The van der Waals surface area contributed by atoms with Crippen molar-refractivity contribution in [1.29, 1.82) is 0 Å². The summed E-state index contributed by atoms with van der Waals surface area (Å²) in [6.07, 6.45) is 3.45. The van der Waals surface area contributed by atoms with Crippen molar-refractivity contribution in [3.8, 4) is 0 Å². The zero-order chi connectivity index (χ0) is 23.4. The summed E-state index contributed by atoms with van der Waals surface area (Å²) in [7, 11) is -0.465. The predicted octanol–water partition coefficient (Wildman–Crippen LogP) is 2.43. The van der Waals surface area contributed by atoms with Gasteiger partial charge < -0.3 is 19.5 Å². The van der Waals surface area contributed by atoms with Crippen LogP contribution in [0.1, 0.15) is 33.3 Å². The van der Waals surface area contributed by atoms with E-state index in [0.717, 1.165) is 22.4 Å². The molecule has 1 aromatic carbocycles. The fourth-order valence-electron chi connectivity index (χ4n) is 4.04. The molecule has 0 saturated carbocycles. The maximum Gasteiger partial charge on any atom is 0.496 e. The van der Waals surface area contributed by atoms with E-state index in [1.54, 1.807) is 4.52 Å². The Morgan fingerprint density at radius 3 is 2.52 bits per heavy atom. The molecular weight excluding hydrogens is 441 g/mol. The van der Waals surface area contributed by atoms with E-state index in [1.807, 2.05) is 64.2 Å². The second-order valence-corrected chi connectivity index (χ2v) is 10.2. The average Bonchev–Trinajstić information content (AvgIpc) is 3.25. The lowest BCUT2D eigenvalue weighted by Crippen LogP contribution is -2.54. The molecule has 0 radical (unpaired) electrons. The third-order valence-electron chi connectivity index (χ3n) is 6.86. The molecule has 4 heterocycles. The van der Waals surface area contributed by atoms with Crippen molar-refractivity contribution in [2.24, 2.45) is 5.92 Å². The third-order valence-corrected chi connectivity index (χ3v) is 7.12. The van der Waals surface area contributed by atoms with Crippen molar-refractivity contribution < 1.29 is 14.1 Å². The van der Waals surface area contributed by atoms with Crippen LogP contribution in [0.5, 0.6) is 0 Å². The lowest BCUT2D eigenvalue weighted by atomic mass is 9.81. The Kier molecular flexibility index (Phi) is 5.38. The van der Waals surface area contributed by atoms with Gasteiger partial charge in [-0.2, -0.15) is 5.10 Å². The van der Waals surface area contributed by atoms with E-state index >= 15 is 0 Å². The van der Waals surface area contributed by atoms with Crippen molar-refractivity contribution in [2.45, 2.75) is 45.4 Å². The Morgan fingerprint density at radius 1 is 1.18 bits per heavy atom. The van der Waals surface area contributed by atoms with Gasteiger partial charge in [-0.1, -0.05) is 23.7 Å². The summed E-state index contributed by atoms with van der Waals surface area (Å²) >= 11 is 5.92. The number of aromatic nitrogens is 3. The van der Waals surface area contributed by atoms with Crippen molar-refractivity contribution in [3.63, 3.8) is 0 Å². The van der Waals surface area contributed by atoms with Gasteiger partial charge in [-0.05, 0) is 51.5 Å². The van der Waals surface area contributed by atoms with Crippen molar-refractivity contribution >= 4 is 41.4 Å². The number of amides is 1. The van der Waals surface area contributed by atoms with Crippen LogP contribution in [0.4, 0.5) is 5.82 Å². The number of halogens is 1. The molecule has 33 heavy (non-hydrogen) atoms. The summed E-state index contributed by atoms with van der Waals surface area (Å²) in [6, 6.07) is 9.48. The summed E-state index contributed by atoms with van der Waals surface area (Å²) in [5.41, 5.74) is 1.95. The summed E-state index contributed by atoms with van der Waals surface area (Å²) < 4.78 is 14.2. The fourth-order valence-corrected chi connectivity index (χ4v) is 4.17. The highest BCUT2D eigenvalue weighted by atomic mass is 35.5. The van der Waals surface area contributed by atoms with E-state index in [4.69, 9.17) is 20.9 Å². The zero-order valence-corrected chi connectivity index (χ0v) is 20.0. The molecule has 1 amide bonds. The third kappa shape index (κ3) is 4.09. The summed E-state index contributed by atoms with van der Waals surface area (Å²) in [5.74, 6) is 0.763. The van der Waals surface area contributed by atoms with E-state index in [9.17, 15) is 4.79 Å². The summed E-state index contributed by atoms with van der Waals surface area (Å²) in [5, 5.41) is 8.04. The van der Waals surface area contributed by atoms with Gasteiger partial charge in [0.15, 0.2) is 5.82 Å². The molecule has 0 bridgehead atoms. The lowest BCUT2D eigenvalue weighted by molar-refractivity contribution is -0.125. The molecule has 5 rings (SSSR count). The first kappa shape index (κ1) is 22.2.